The van der Waals surface area contributed by atoms with Crippen LogP contribution in [0.15, 0.2) is 30.6 Å². The monoisotopic (exact) mass is 433 g/mol. The molecule has 0 saturated carbocycles. The number of anilines is 2. The molecule has 0 radical (unpaired) electrons. The van der Waals surface area contributed by atoms with Crippen LogP contribution in [0.2, 0.25) is 5.02 Å². The van der Waals surface area contributed by atoms with E-state index in [0.717, 1.165) is 5.56 Å². The highest BCUT2D eigenvalue weighted by atomic mass is 35.5. The van der Waals surface area contributed by atoms with Crippen molar-refractivity contribution >= 4 is 35.1 Å². The lowest BCUT2D eigenvalue weighted by molar-refractivity contribution is -0.127. The number of nitrogen functional groups attached to an aromatic ring is 1. The van der Waals surface area contributed by atoms with Crippen LogP contribution in [0.5, 0.6) is 0 Å². The number of nitrogens with zero attached hydrogens (tertiary/aromatic N) is 3. The number of hydrogen-bond acceptors (Lipinski definition) is 7. The Balaban J connectivity index is 0.00000320. The number of hydrogen-bond donors (Lipinski definition) is 4. The van der Waals surface area contributed by atoms with E-state index in [0.29, 0.717) is 36.8 Å². The molecule has 1 aromatic carbocycles. The van der Waals surface area contributed by atoms with Crippen LogP contribution in [0.1, 0.15) is 49.2 Å². The van der Waals surface area contributed by atoms with E-state index in [4.69, 9.17) is 28.8 Å². The van der Waals surface area contributed by atoms with Crippen molar-refractivity contribution in [1.82, 2.24) is 15.3 Å². The quantitative estimate of drug-likeness (QED) is 0.558. The molecule has 2 heterocycles. The van der Waals surface area contributed by atoms with Gasteiger partial charge in [0.1, 0.15) is 23.5 Å². The van der Waals surface area contributed by atoms with Crippen molar-refractivity contribution in [3.63, 3.8) is 0 Å². The summed E-state index contributed by atoms with van der Waals surface area (Å²) in [6.45, 7) is 2.74. The second-order valence-electron chi connectivity index (χ2n) is 7.21. The molecule has 1 aromatic heterocycles. The normalized spacial score (nSPS) is 16.3. The van der Waals surface area contributed by atoms with Gasteiger partial charge in [-0.2, -0.15) is 0 Å². The fourth-order valence-corrected chi connectivity index (χ4v) is 3.51. The van der Waals surface area contributed by atoms with Crippen molar-refractivity contribution in [2.45, 2.75) is 38.8 Å². The number of carbonyl (C=O) groups excluding carboxylic acids is 2. The molecular formula is C20H28ClN7O2. The van der Waals surface area contributed by atoms with Crippen molar-refractivity contribution in [3.8, 4) is 0 Å². The molecule has 3 rings (SSSR count). The number of piperidine rings is 1. The van der Waals surface area contributed by atoms with Gasteiger partial charge in [0.05, 0.1) is 11.6 Å². The highest BCUT2D eigenvalue weighted by Crippen LogP contribution is 2.28. The van der Waals surface area contributed by atoms with E-state index in [9.17, 15) is 9.59 Å². The third kappa shape index (κ3) is 4.80. The fraction of sp³-hybridized carbons (Fsp3) is 0.400. The summed E-state index contributed by atoms with van der Waals surface area (Å²) in [5, 5.41) is 3.61. The van der Waals surface area contributed by atoms with Crippen LogP contribution in [-0.2, 0) is 4.79 Å². The predicted molar refractivity (Wildman–Crippen MR) is 118 cm³/mol. The zero-order valence-corrected chi connectivity index (χ0v) is 16.8. The first kappa shape index (κ1) is 23.4. The van der Waals surface area contributed by atoms with Crippen molar-refractivity contribution in [2.24, 2.45) is 11.5 Å². The van der Waals surface area contributed by atoms with Crippen LogP contribution in [0, 0.1) is 0 Å². The van der Waals surface area contributed by atoms with E-state index in [1.807, 2.05) is 24.0 Å². The number of nitrogens with one attached hydrogen (secondary N) is 1. The van der Waals surface area contributed by atoms with Crippen molar-refractivity contribution in [1.29, 1.82) is 0 Å². The van der Waals surface area contributed by atoms with Gasteiger partial charge >= 0.3 is 0 Å². The number of amides is 2. The Labute approximate surface area is 181 Å². The van der Waals surface area contributed by atoms with Gasteiger partial charge in [-0.25, -0.2) is 9.97 Å². The topological polar surface area (TPSA) is 153 Å². The Morgan fingerprint density at radius 2 is 1.80 bits per heavy atom. The molecule has 1 atom stereocenters. The number of carbonyl (C=O) groups is 2. The highest BCUT2D eigenvalue weighted by Gasteiger charge is 2.39. The first-order valence-electron chi connectivity index (χ1n) is 9.22. The van der Waals surface area contributed by atoms with Crippen LogP contribution in [0.3, 0.4) is 0 Å². The lowest BCUT2D eigenvalue weighted by Gasteiger charge is -2.39. The lowest BCUT2D eigenvalue weighted by Crippen LogP contribution is -2.60. The highest BCUT2D eigenvalue weighted by molar-refractivity contribution is 6.30. The second kappa shape index (κ2) is 9.27. The van der Waals surface area contributed by atoms with Crippen LogP contribution in [0.25, 0.3) is 0 Å². The first-order chi connectivity index (χ1) is 13.7. The van der Waals surface area contributed by atoms with Gasteiger partial charge in [0, 0.05) is 18.1 Å². The molecule has 0 unspecified atom stereocenters. The Kier molecular flexibility index (Phi) is 7.22. The minimum atomic E-state index is -1.03. The molecule has 1 fully saturated rings. The zero-order valence-electron chi connectivity index (χ0n) is 16.1. The third-order valence-electron chi connectivity index (χ3n) is 5.23. The Bertz CT molecular complexity index is 912. The molecule has 9 nitrogen and oxygen atoms in total. The first-order valence-corrected chi connectivity index (χ1v) is 9.59. The fourth-order valence-electron chi connectivity index (χ4n) is 3.39. The number of rotatable bonds is 5. The minimum absolute atomic E-state index is 0. The predicted octanol–water partition coefficient (Wildman–Crippen LogP) is 1.62. The molecule has 2 aromatic rings. The summed E-state index contributed by atoms with van der Waals surface area (Å²) in [6, 6.07) is 7.08. The maximum atomic E-state index is 12.8. The van der Waals surface area contributed by atoms with Gasteiger partial charge in [-0.05, 0) is 37.5 Å². The van der Waals surface area contributed by atoms with Gasteiger partial charge in [0.2, 0.25) is 5.91 Å². The summed E-state index contributed by atoms with van der Waals surface area (Å²) in [4.78, 5) is 34.4. The zero-order chi connectivity index (χ0) is 21.2. The van der Waals surface area contributed by atoms with E-state index in [1.54, 1.807) is 12.1 Å². The minimum Gasteiger partial charge on any atom is -0.383 e. The molecule has 10 heteroatoms. The Morgan fingerprint density at radius 3 is 2.37 bits per heavy atom. The average molecular weight is 434 g/mol. The van der Waals surface area contributed by atoms with Gasteiger partial charge in [0.25, 0.3) is 5.91 Å². The van der Waals surface area contributed by atoms with E-state index < -0.39 is 11.4 Å². The molecule has 1 aliphatic heterocycles. The van der Waals surface area contributed by atoms with Crippen molar-refractivity contribution in [3.05, 3.63) is 46.7 Å². The van der Waals surface area contributed by atoms with E-state index in [-0.39, 0.29) is 30.8 Å². The second-order valence-corrected chi connectivity index (χ2v) is 7.65. The summed E-state index contributed by atoms with van der Waals surface area (Å²) in [5.41, 5.74) is 17.6. The van der Waals surface area contributed by atoms with Gasteiger partial charge in [-0.1, -0.05) is 31.2 Å². The Hall–Kier alpha value is -2.91. The van der Waals surface area contributed by atoms with Gasteiger partial charge < -0.3 is 27.4 Å². The maximum Gasteiger partial charge on any atom is 0.256 e. The van der Waals surface area contributed by atoms with Gasteiger partial charge in [-0.15, -0.1) is 0 Å². The van der Waals surface area contributed by atoms with Crippen LogP contribution < -0.4 is 27.4 Å². The van der Waals surface area contributed by atoms with Crippen molar-refractivity contribution < 1.29 is 9.59 Å². The SMILES string of the molecule is C.C[C@H](NC(=O)C1(N)CCN(c2ncnc(N)c2C(N)=O)CC1)c1ccc(Cl)cc1. The van der Waals surface area contributed by atoms with Crippen LogP contribution in [0.4, 0.5) is 11.6 Å². The van der Waals surface area contributed by atoms with Crippen LogP contribution >= 0.6 is 11.6 Å². The number of primary amides is 1. The molecular weight excluding hydrogens is 406 g/mol. The average Bonchev–Trinajstić information content (AvgIpc) is 2.68. The smallest absolute Gasteiger partial charge is 0.256 e. The largest absolute Gasteiger partial charge is 0.383 e. The summed E-state index contributed by atoms with van der Waals surface area (Å²) >= 11 is 5.91. The maximum absolute atomic E-state index is 12.8. The summed E-state index contributed by atoms with van der Waals surface area (Å²) < 4.78 is 0. The van der Waals surface area contributed by atoms with Crippen LogP contribution in [-0.4, -0.2) is 40.4 Å². The number of benzene rings is 1. The molecule has 1 aliphatic rings. The van der Waals surface area contributed by atoms with E-state index in [1.165, 1.54) is 6.33 Å². The van der Waals surface area contributed by atoms with Gasteiger partial charge in [0.15, 0.2) is 0 Å². The molecule has 0 bridgehead atoms. The molecule has 0 aliphatic carbocycles. The van der Waals surface area contributed by atoms with E-state index >= 15 is 0 Å². The summed E-state index contributed by atoms with van der Waals surface area (Å²) in [7, 11) is 0. The molecule has 1 saturated heterocycles. The standard InChI is InChI=1S/C19H24ClN7O2.CH4/c1-11(12-2-4-13(20)5-3-12)26-18(29)19(23)6-8-27(9-7-19)17-14(16(22)28)15(21)24-10-25-17;/h2-5,10-11H,6-9,23H2,1H3,(H2,22,28)(H,26,29)(H2,21,24,25);1H4/t11-;/m0./s1. The molecule has 30 heavy (non-hydrogen) atoms. The molecule has 7 N–H and O–H groups in total. The molecule has 0 spiro atoms. The lowest BCUT2D eigenvalue weighted by atomic mass is 9.87. The number of nitrogens with two attached hydrogens (primary N) is 3. The van der Waals surface area contributed by atoms with Crippen molar-refractivity contribution in [2.75, 3.05) is 23.7 Å². The summed E-state index contributed by atoms with van der Waals surface area (Å²) in [6.07, 6.45) is 2.05. The van der Waals surface area contributed by atoms with Gasteiger partial charge in [-0.3, -0.25) is 9.59 Å². The third-order valence-corrected chi connectivity index (χ3v) is 5.48. The van der Waals surface area contributed by atoms with E-state index in [2.05, 4.69) is 15.3 Å². The molecule has 162 valence electrons. The number of halogens is 1. The number of aromatic nitrogens is 2. The Morgan fingerprint density at radius 1 is 1.20 bits per heavy atom. The molecule has 2 amide bonds. The summed E-state index contributed by atoms with van der Waals surface area (Å²) in [5.74, 6) is -0.530.